The first-order valence-electron chi connectivity index (χ1n) is 6.27. The lowest BCUT2D eigenvalue weighted by Crippen LogP contribution is -2.38. The van der Waals surface area contributed by atoms with E-state index in [0.29, 0.717) is 31.0 Å². The zero-order valence-electron chi connectivity index (χ0n) is 10.6. The van der Waals surface area contributed by atoms with Gasteiger partial charge in [-0.3, -0.25) is 0 Å². The molecule has 0 saturated carbocycles. The van der Waals surface area contributed by atoms with E-state index in [1.807, 2.05) is 6.07 Å². The van der Waals surface area contributed by atoms with Crippen LogP contribution in [0.1, 0.15) is 5.56 Å². The lowest BCUT2D eigenvalue weighted by Gasteiger charge is -2.23. The Morgan fingerprint density at radius 3 is 3.00 bits per heavy atom. The maximum absolute atomic E-state index is 13.6. The van der Waals surface area contributed by atoms with Gasteiger partial charge in [0.2, 0.25) is 0 Å². The summed E-state index contributed by atoms with van der Waals surface area (Å²) in [4.78, 5) is 0. The minimum Gasteiger partial charge on any atom is -0.380 e. The fraction of sp³-hybridized carbons (Fsp3) is 0.500. The monoisotopic (exact) mass is 280 g/mol. The fourth-order valence-corrected chi connectivity index (χ4v) is 3.34. The molecule has 0 bridgehead atoms. The highest BCUT2D eigenvalue weighted by molar-refractivity contribution is 8.00. The number of halogens is 1. The third-order valence-electron chi connectivity index (χ3n) is 3.40. The van der Waals surface area contributed by atoms with Crippen molar-refractivity contribution in [3.8, 4) is 6.07 Å². The number of hydrogen-bond acceptors (Lipinski definition) is 4. The van der Waals surface area contributed by atoms with E-state index in [9.17, 15) is 4.39 Å². The Labute approximate surface area is 116 Å². The second-order valence-corrected chi connectivity index (χ2v) is 5.90. The molecule has 2 N–H and O–H groups in total. The predicted molar refractivity (Wildman–Crippen MR) is 74.2 cm³/mol. The third-order valence-corrected chi connectivity index (χ3v) is 4.60. The van der Waals surface area contributed by atoms with Gasteiger partial charge in [0.15, 0.2) is 0 Å². The first kappa shape index (κ1) is 14.3. The van der Waals surface area contributed by atoms with Gasteiger partial charge in [0, 0.05) is 17.2 Å². The Hall–Kier alpha value is -1.09. The molecule has 1 aliphatic rings. The van der Waals surface area contributed by atoms with Gasteiger partial charge in [-0.15, -0.1) is 11.8 Å². The molecule has 1 heterocycles. The molecule has 102 valence electrons. The summed E-state index contributed by atoms with van der Waals surface area (Å²) in [5.41, 5.74) is 6.84. The van der Waals surface area contributed by atoms with Crippen molar-refractivity contribution < 1.29 is 9.13 Å². The summed E-state index contributed by atoms with van der Waals surface area (Å²) in [5.74, 6) is 0.410. The molecule has 1 aromatic rings. The van der Waals surface area contributed by atoms with Crippen LogP contribution in [0.5, 0.6) is 0 Å². The van der Waals surface area contributed by atoms with E-state index >= 15 is 0 Å². The van der Waals surface area contributed by atoms with Crippen LogP contribution in [0.3, 0.4) is 0 Å². The van der Waals surface area contributed by atoms with Crippen LogP contribution in [0.2, 0.25) is 0 Å². The van der Waals surface area contributed by atoms with Gasteiger partial charge in [-0.05, 0) is 18.1 Å². The van der Waals surface area contributed by atoms with E-state index in [4.69, 9.17) is 15.7 Å². The van der Waals surface area contributed by atoms with Crippen molar-refractivity contribution in [2.45, 2.75) is 17.7 Å². The van der Waals surface area contributed by atoms with Gasteiger partial charge in [-0.25, -0.2) is 4.39 Å². The predicted octanol–water partition coefficient (Wildman–Crippen LogP) is 1.97. The Bertz CT molecular complexity index is 463. The minimum atomic E-state index is -0.210. The Morgan fingerprint density at radius 2 is 2.26 bits per heavy atom. The van der Waals surface area contributed by atoms with Gasteiger partial charge in [-0.1, -0.05) is 18.2 Å². The molecule has 0 unspecified atom stereocenters. The normalized spacial score (nSPS) is 24.1. The number of hydrogen-bond donors (Lipinski definition) is 1. The number of nitriles is 1. The van der Waals surface area contributed by atoms with Crippen molar-refractivity contribution in [1.82, 2.24) is 0 Å². The minimum absolute atomic E-state index is 0.143. The van der Waals surface area contributed by atoms with Crippen molar-refractivity contribution in [3.05, 3.63) is 35.6 Å². The van der Waals surface area contributed by atoms with Gasteiger partial charge in [-0.2, -0.15) is 5.26 Å². The number of nitrogens with two attached hydrogens (primary N) is 1. The first-order chi connectivity index (χ1) is 9.22. The average molecular weight is 280 g/mol. The molecule has 0 amide bonds. The SMILES string of the molecule is N#CCS[C@H]1COC[C@@H]1[C@@H](N)Cc1ccccc1F. The zero-order chi connectivity index (χ0) is 13.7. The second kappa shape index (κ2) is 6.90. The maximum Gasteiger partial charge on any atom is 0.126 e. The largest absolute Gasteiger partial charge is 0.380 e. The number of ether oxygens (including phenoxy) is 1. The molecule has 0 spiro atoms. The molecule has 1 aliphatic heterocycles. The fourth-order valence-electron chi connectivity index (χ4n) is 2.34. The standard InChI is InChI=1S/C14H17FN2OS/c15-12-4-2-1-3-10(12)7-13(17)11-8-18-9-14(11)19-6-5-16/h1-4,11,13-14H,6-9,17H2/t11-,13+,14+/m1/s1. The smallest absolute Gasteiger partial charge is 0.126 e. The van der Waals surface area contributed by atoms with Crippen molar-refractivity contribution in [2.24, 2.45) is 11.7 Å². The highest BCUT2D eigenvalue weighted by atomic mass is 32.2. The summed E-state index contributed by atoms with van der Waals surface area (Å²) in [6, 6.07) is 8.69. The van der Waals surface area contributed by atoms with Crippen LogP contribution in [-0.2, 0) is 11.2 Å². The van der Waals surface area contributed by atoms with Crippen LogP contribution in [0.15, 0.2) is 24.3 Å². The van der Waals surface area contributed by atoms with Crippen molar-refractivity contribution in [1.29, 1.82) is 5.26 Å². The molecule has 0 aromatic heterocycles. The molecule has 1 saturated heterocycles. The van der Waals surface area contributed by atoms with Crippen molar-refractivity contribution in [3.63, 3.8) is 0 Å². The lowest BCUT2D eigenvalue weighted by molar-refractivity contribution is 0.180. The molecular formula is C14H17FN2OS. The molecule has 1 aromatic carbocycles. The summed E-state index contributed by atoms with van der Waals surface area (Å²) in [7, 11) is 0. The summed E-state index contributed by atoms with van der Waals surface area (Å²) < 4.78 is 19.1. The molecule has 5 heteroatoms. The average Bonchev–Trinajstić information content (AvgIpc) is 2.87. The molecule has 1 fully saturated rings. The van der Waals surface area contributed by atoms with Gasteiger partial charge in [0.25, 0.3) is 0 Å². The van der Waals surface area contributed by atoms with Gasteiger partial charge in [0.1, 0.15) is 5.82 Å². The van der Waals surface area contributed by atoms with Crippen LogP contribution >= 0.6 is 11.8 Å². The van der Waals surface area contributed by atoms with Crippen LogP contribution < -0.4 is 5.73 Å². The summed E-state index contributed by atoms with van der Waals surface area (Å²) in [5, 5.41) is 8.87. The first-order valence-corrected chi connectivity index (χ1v) is 7.32. The van der Waals surface area contributed by atoms with Gasteiger partial charge in [0.05, 0.1) is 25.0 Å². The molecule has 0 radical (unpaired) electrons. The van der Waals surface area contributed by atoms with E-state index in [0.717, 1.165) is 0 Å². The van der Waals surface area contributed by atoms with Crippen molar-refractivity contribution >= 4 is 11.8 Å². The Morgan fingerprint density at radius 1 is 1.47 bits per heavy atom. The van der Waals surface area contributed by atoms with E-state index < -0.39 is 0 Å². The lowest BCUT2D eigenvalue weighted by atomic mass is 9.93. The number of thioether (sulfide) groups is 1. The Kier molecular flexibility index (Phi) is 5.20. The van der Waals surface area contributed by atoms with Crippen LogP contribution in [0.25, 0.3) is 0 Å². The number of rotatable bonds is 5. The zero-order valence-corrected chi connectivity index (χ0v) is 11.4. The summed E-state index contributed by atoms with van der Waals surface area (Å²) >= 11 is 1.58. The third kappa shape index (κ3) is 3.69. The summed E-state index contributed by atoms with van der Waals surface area (Å²) in [6.45, 7) is 1.22. The molecule has 3 atom stereocenters. The van der Waals surface area contributed by atoms with Gasteiger partial charge >= 0.3 is 0 Å². The molecule has 2 rings (SSSR count). The topological polar surface area (TPSA) is 59.0 Å². The van der Waals surface area contributed by atoms with Crippen LogP contribution in [0.4, 0.5) is 4.39 Å². The summed E-state index contributed by atoms with van der Waals surface area (Å²) in [6.07, 6.45) is 0.504. The quantitative estimate of drug-likeness (QED) is 0.896. The van der Waals surface area contributed by atoms with E-state index in [1.165, 1.54) is 6.07 Å². The van der Waals surface area contributed by atoms with Crippen molar-refractivity contribution in [2.75, 3.05) is 19.0 Å². The highest BCUT2D eigenvalue weighted by Gasteiger charge is 2.33. The number of nitrogens with zero attached hydrogens (tertiary/aromatic N) is 1. The second-order valence-electron chi connectivity index (χ2n) is 4.67. The molecule has 3 nitrogen and oxygen atoms in total. The molecular weight excluding hydrogens is 263 g/mol. The number of benzene rings is 1. The molecule has 19 heavy (non-hydrogen) atoms. The van der Waals surface area contributed by atoms with E-state index in [2.05, 4.69) is 6.07 Å². The molecule has 0 aliphatic carbocycles. The van der Waals surface area contributed by atoms with E-state index in [-0.39, 0.29) is 23.0 Å². The van der Waals surface area contributed by atoms with Crippen LogP contribution in [-0.4, -0.2) is 30.3 Å². The van der Waals surface area contributed by atoms with Gasteiger partial charge < -0.3 is 10.5 Å². The Balaban J connectivity index is 1.97. The maximum atomic E-state index is 13.6. The van der Waals surface area contributed by atoms with Crippen LogP contribution in [0, 0.1) is 23.1 Å². The highest BCUT2D eigenvalue weighted by Crippen LogP contribution is 2.29. The van der Waals surface area contributed by atoms with E-state index in [1.54, 1.807) is 23.9 Å².